The van der Waals surface area contributed by atoms with Gasteiger partial charge < -0.3 is 19.5 Å². The molecule has 1 saturated heterocycles. The van der Waals surface area contributed by atoms with Gasteiger partial charge in [0.25, 0.3) is 17.6 Å². The first-order valence-corrected chi connectivity index (χ1v) is 11.6. The minimum atomic E-state index is -0.625. The van der Waals surface area contributed by atoms with E-state index in [1.54, 1.807) is 17.0 Å². The summed E-state index contributed by atoms with van der Waals surface area (Å²) in [6, 6.07) is 9.01. The number of pyridine rings is 1. The molecule has 0 atom stereocenters. The molecule has 1 N–H and O–H groups in total. The van der Waals surface area contributed by atoms with Gasteiger partial charge in [0.1, 0.15) is 10.4 Å². The number of nitrogens with one attached hydrogen (secondary N) is 1. The zero-order chi connectivity index (χ0) is 24.0. The molecule has 4 rings (SSSR count). The van der Waals surface area contributed by atoms with Crippen molar-refractivity contribution in [2.24, 2.45) is 0 Å². The summed E-state index contributed by atoms with van der Waals surface area (Å²) in [5, 5.41) is 0.510. The molecule has 1 fully saturated rings. The predicted octanol–water partition coefficient (Wildman–Crippen LogP) is 3.92. The fourth-order valence-electron chi connectivity index (χ4n) is 3.55. The van der Waals surface area contributed by atoms with Crippen molar-refractivity contribution in [3.05, 3.63) is 58.5 Å². The Morgan fingerprint density at radius 3 is 2.27 bits per heavy atom. The largest absolute Gasteiger partial charge is 0.494 e. The second-order valence-corrected chi connectivity index (χ2v) is 8.31. The molecular weight excluding hydrogens is 488 g/mol. The minimum absolute atomic E-state index is 0.0762. The van der Waals surface area contributed by atoms with Gasteiger partial charge in [-0.3, -0.25) is 14.4 Å². The van der Waals surface area contributed by atoms with E-state index in [4.69, 9.17) is 4.74 Å². The molecule has 2 amide bonds. The minimum Gasteiger partial charge on any atom is -0.494 e. The van der Waals surface area contributed by atoms with Crippen LogP contribution < -0.4 is 4.74 Å². The van der Waals surface area contributed by atoms with Gasteiger partial charge in [-0.05, 0) is 28.1 Å². The van der Waals surface area contributed by atoms with E-state index in [-0.39, 0.29) is 11.5 Å². The number of hydrogen-bond donors (Lipinski definition) is 1. The molecule has 0 saturated carbocycles. The number of methoxy groups -OCH3 is 1. The molecule has 9 heteroatoms. The summed E-state index contributed by atoms with van der Waals surface area (Å²) in [4.78, 5) is 48.7. The SMILES string of the molecule is CCC.COc1cnc(Br)c2[nH]cc(C(=O)C(=O)N3CCN(C(=O)c4ccccc4)CC3)c12. The van der Waals surface area contributed by atoms with Crippen LogP contribution in [0, 0.1) is 0 Å². The number of carbonyl (C=O) groups is 3. The standard InChI is InChI=1S/C21H19BrN4O4.C3H8/c1-30-15-12-24-19(22)17-16(15)14(11-23-17)18(27)21(29)26-9-7-25(8-10-26)20(28)13-5-3-2-4-6-13;1-3-2/h2-6,11-12,23H,7-10H2,1H3;3H2,1-2H3. The molecule has 1 aromatic carbocycles. The van der Waals surface area contributed by atoms with Crippen molar-refractivity contribution in [1.82, 2.24) is 19.8 Å². The summed E-state index contributed by atoms with van der Waals surface area (Å²) in [6.45, 7) is 5.60. The number of H-pyrrole nitrogens is 1. The number of carbonyl (C=O) groups excluding carboxylic acids is 3. The first-order valence-electron chi connectivity index (χ1n) is 10.8. The average Bonchev–Trinajstić information content (AvgIpc) is 3.30. The number of ketones is 1. The van der Waals surface area contributed by atoms with Gasteiger partial charge in [0.15, 0.2) is 0 Å². The Hall–Kier alpha value is -3.20. The molecule has 1 aliphatic heterocycles. The summed E-state index contributed by atoms with van der Waals surface area (Å²) in [6.07, 6.45) is 4.24. The zero-order valence-electron chi connectivity index (χ0n) is 18.9. The highest BCUT2D eigenvalue weighted by molar-refractivity contribution is 9.10. The number of aromatic nitrogens is 2. The van der Waals surface area contributed by atoms with Crippen LogP contribution in [0.25, 0.3) is 10.9 Å². The van der Waals surface area contributed by atoms with Crippen molar-refractivity contribution < 1.29 is 19.1 Å². The number of Topliss-reactive ketones (excluding diaryl/α,β-unsaturated/α-hetero) is 1. The zero-order valence-corrected chi connectivity index (χ0v) is 20.5. The van der Waals surface area contributed by atoms with Crippen molar-refractivity contribution in [3.63, 3.8) is 0 Å². The van der Waals surface area contributed by atoms with Gasteiger partial charge in [0, 0.05) is 37.9 Å². The van der Waals surface area contributed by atoms with Crippen LogP contribution in [0.1, 0.15) is 41.0 Å². The number of benzene rings is 1. The van der Waals surface area contributed by atoms with Crippen LogP contribution in [0.3, 0.4) is 0 Å². The number of fused-ring (bicyclic) bond motifs is 1. The smallest absolute Gasteiger partial charge is 0.295 e. The third-order valence-corrected chi connectivity index (χ3v) is 5.76. The molecule has 1 aliphatic rings. The van der Waals surface area contributed by atoms with Crippen LogP contribution in [0.2, 0.25) is 0 Å². The van der Waals surface area contributed by atoms with E-state index >= 15 is 0 Å². The van der Waals surface area contributed by atoms with Crippen molar-refractivity contribution in [2.75, 3.05) is 33.3 Å². The number of amides is 2. The van der Waals surface area contributed by atoms with Gasteiger partial charge in [-0.15, -0.1) is 0 Å². The summed E-state index contributed by atoms with van der Waals surface area (Å²) >= 11 is 3.33. The van der Waals surface area contributed by atoms with Crippen molar-refractivity contribution >= 4 is 44.4 Å². The molecule has 2 aromatic heterocycles. The Labute approximate surface area is 201 Å². The Kier molecular flexibility index (Phi) is 8.21. The lowest BCUT2D eigenvalue weighted by atomic mass is 10.1. The second kappa shape index (κ2) is 11.1. The quantitative estimate of drug-likeness (QED) is 0.323. The van der Waals surface area contributed by atoms with Crippen molar-refractivity contribution in [1.29, 1.82) is 0 Å². The highest BCUT2D eigenvalue weighted by atomic mass is 79.9. The van der Waals surface area contributed by atoms with Gasteiger partial charge in [-0.1, -0.05) is 38.5 Å². The Bertz CT molecular complexity index is 1140. The summed E-state index contributed by atoms with van der Waals surface area (Å²) < 4.78 is 5.84. The molecule has 0 bridgehead atoms. The lowest BCUT2D eigenvalue weighted by Gasteiger charge is -2.34. The maximum atomic E-state index is 13.0. The molecule has 33 heavy (non-hydrogen) atoms. The maximum Gasteiger partial charge on any atom is 0.295 e. The van der Waals surface area contributed by atoms with E-state index in [1.807, 2.05) is 18.2 Å². The van der Waals surface area contributed by atoms with Crippen LogP contribution in [0.15, 0.2) is 47.3 Å². The highest BCUT2D eigenvalue weighted by Crippen LogP contribution is 2.32. The molecule has 0 radical (unpaired) electrons. The fourth-order valence-corrected chi connectivity index (χ4v) is 3.97. The molecule has 3 aromatic rings. The van der Waals surface area contributed by atoms with E-state index in [0.717, 1.165) is 0 Å². The highest BCUT2D eigenvalue weighted by Gasteiger charge is 2.31. The van der Waals surface area contributed by atoms with E-state index in [2.05, 4.69) is 39.7 Å². The number of ether oxygens (including phenoxy) is 1. The Balaban J connectivity index is 0.000000968. The normalized spacial score (nSPS) is 13.3. The number of rotatable bonds is 4. The Morgan fingerprint density at radius 1 is 1.06 bits per heavy atom. The topological polar surface area (TPSA) is 95.6 Å². The average molecular weight is 515 g/mol. The van der Waals surface area contributed by atoms with Gasteiger partial charge in [0.2, 0.25) is 0 Å². The van der Waals surface area contributed by atoms with Crippen molar-refractivity contribution in [3.8, 4) is 5.75 Å². The third kappa shape index (κ3) is 5.24. The van der Waals surface area contributed by atoms with Crippen LogP contribution >= 0.6 is 15.9 Å². The first-order chi connectivity index (χ1) is 15.9. The number of halogens is 1. The number of hydrogen-bond acceptors (Lipinski definition) is 5. The van der Waals surface area contributed by atoms with Gasteiger partial charge in [-0.25, -0.2) is 4.98 Å². The van der Waals surface area contributed by atoms with Crippen LogP contribution in [0.4, 0.5) is 0 Å². The molecule has 0 spiro atoms. The lowest BCUT2D eigenvalue weighted by molar-refractivity contribution is -0.127. The van der Waals surface area contributed by atoms with Gasteiger partial charge in [0.05, 0.1) is 29.8 Å². The second-order valence-electron chi connectivity index (χ2n) is 7.56. The predicted molar refractivity (Wildman–Crippen MR) is 130 cm³/mol. The summed E-state index contributed by atoms with van der Waals surface area (Å²) in [5.74, 6) is -0.894. The maximum absolute atomic E-state index is 13.0. The molecule has 0 aliphatic carbocycles. The Morgan fingerprint density at radius 2 is 1.67 bits per heavy atom. The number of piperazine rings is 1. The van der Waals surface area contributed by atoms with Gasteiger partial charge >= 0.3 is 0 Å². The fraction of sp³-hybridized carbons (Fsp3) is 0.333. The van der Waals surface area contributed by atoms with E-state index in [9.17, 15) is 14.4 Å². The molecular formula is C24H27BrN4O4. The van der Waals surface area contributed by atoms with Crippen LogP contribution in [-0.4, -0.2) is 70.7 Å². The van der Waals surface area contributed by atoms with E-state index in [1.165, 1.54) is 30.8 Å². The molecule has 174 valence electrons. The van der Waals surface area contributed by atoms with Gasteiger partial charge in [-0.2, -0.15) is 0 Å². The summed E-state index contributed by atoms with van der Waals surface area (Å²) in [7, 11) is 1.48. The van der Waals surface area contributed by atoms with E-state index < -0.39 is 11.7 Å². The molecule has 8 nitrogen and oxygen atoms in total. The number of aromatic amines is 1. The van der Waals surface area contributed by atoms with Crippen molar-refractivity contribution in [2.45, 2.75) is 20.3 Å². The lowest BCUT2D eigenvalue weighted by Crippen LogP contribution is -2.52. The van der Waals surface area contributed by atoms with Crippen LogP contribution in [-0.2, 0) is 4.79 Å². The van der Waals surface area contributed by atoms with E-state index in [0.29, 0.717) is 53.0 Å². The molecule has 0 unspecified atom stereocenters. The van der Waals surface area contributed by atoms with Crippen LogP contribution in [0.5, 0.6) is 5.75 Å². The number of nitrogens with zero attached hydrogens (tertiary/aromatic N) is 3. The molecule has 3 heterocycles. The third-order valence-electron chi connectivity index (χ3n) is 5.16. The monoisotopic (exact) mass is 514 g/mol. The first kappa shape index (κ1) is 24.4. The summed E-state index contributed by atoms with van der Waals surface area (Å²) in [5.41, 5.74) is 1.43.